The van der Waals surface area contributed by atoms with E-state index in [0.29, 0.717) is 77.9 Å². The summed E-state index contributed by atoms with van der Waals surface area (Å²) >= 11 is 31.4. The standard InChI is InChI=1S/C51H41Cl5F6N8O2.C2H6O.CH4O/c1-30-22-43(64-19-21-68-70-45-24-32(3-15-40(45)55)29-66-47-26-34(51(60,61)62)5-17-49(47)72-38-12-8-36(53)9-13-38)41(56)27-42(30)63-18-20-67-69-44-23-31(2-14-39(44)54)28-65-46-25-33(50(57,58)59)4-16-48(46)71-37-10-6-35(52)7-11-37;1-2-3;1-2/h2-17,22-27,63-66H,18-21,28-29H2,1H3;3H,2H2,1H3;2H,1H3. The van der Waals surface area contributed by atoms with Gasteiger partial charge in [-0.15, -0.1) is 0 Å². The average Bonchev–Trinajstić information content (AvgIpc) is 3.39. The number of ether oxygens (including phenoxy) is 2. The molecule has 0 spiro atoms. The molecule has 0 bridgehead atoms. The van der Waals surface area contributed by atoms with E-state index >= 15 is 0 Å². The first-order valence-electron chi connectivity index (χ1n) is 23.2. The number of aliphatic hydroxyl groups is 2. The molecule has 0 aromatic heterocycles. The minimum atomic E-state index is -4.56. The third-order valence-corrected chi connectivity index (χ3v) is 11.9. The zero-order valence-corrected chi connectivity index (χ0v) is 45.1. The summed E-state index contributed by atoms with van der Waals surface area (Å²) in [5.41, 5.74) is 3.05. The lowest BCUT2D eigenvalue weighted by atomic mass is 10.1. The summed E-state index contributed by atoms with van der Waals surface area (Å²) in [6.45, 7) is 5.42. The molecule has 77 heavy (non-hydrogen) atoms. The number of nitrogens with one attached hydrogen (secondary N) is 4. The van der Waals surface area contributed by atoms with Crippen LogP contribution in [0.2, 0.25) is 25.1 Å². The van der Waals surface area contributed by atoms with Crippen LogP contribution in [0.5, 0.6) is 23.0 Å². The van der Waals surface area contributed by atoms with Gasteiger partial charge in [-0.3, -0.25) is 0 Å². The Morgan fingerprint density at radius 1 is 0.481 bits per heavy atom. The number of benzene rings is 7. The summed E-state index contributed by atoms with van der Waals surface area (Å²) < 4.78 is 93.5. The second-order valence-corrected chi connectivity index (χ2v) is 18.1. The maximum absolute atomic E-state index is 13.6. The van der Waals surface area contributed by atoms with Crippen molar-refractivity contribution in [2.24, 2.45) is 20.5 Å². The molecule has 6 N–H and O–H groups in total. The van der Waals surface area contributed by atoms with Gasteiger partial charge < -0.3 is 41.0 Å². The monoisotopic (exact) mass is 1160 g/mol. The number of rotatable bonds is 20. The molecule has 0 radical (unpaired) electrons. The molecular weight excluding hydrogens is 1120 g/mol. The Hall–Kier alpha value is -6.51. The van der Waals surface area contributed by atoms with E-state index in [1.54, 1.807) is 97.9 Å². The molecule has 0 aliphatic rings. The Bertz CT molecular complexity index is 2880. The minimum Gasteiger partial charge on any atom is -0.455 e. The van der Waals surface area contributed by atoms with Crippen molar-refractivity contribution in [1.29, 1.82) is 0 Å². The van der Waals surface area contributed by atoms with E-state index in [4.69, 9.17) is 77.7 Å². The van der Waals surface area contributed by atoms with Gasteiger partial charge in [0.05, 0.1) is 56.3 Å². The number of azo groups is 2. The summed E-state index contributed by atoms with van der Waals surface area (Å²) in [6.07, 6.45) is -9.13. The van der Waals surface area contributed by atoms with Crippen LogP contribution in [0, 0.1) is 6.92 Å². The van der Waals surface area contributed by atoms with Crippen LogP contribution in [0.15, 0.2) is 154 Å². The molecule has 7 aromatic carbocycles. The number of halogens is 11. The van der Waals surface area contributed by atoms with Gasteiger partial charge in [0.2, 0.25) is 0 Å². The minimum absolute atomic E-state index is 0.124. The predicted molar refractivity (Wildman–Crippen MR) is 296 cm³/mol. The van der Waals surface area contributed by atoms with E-state index < -0.39 is 23.5 Å². The highest BCUT2D eigenvalue weighted by Gasteiger charge is 2.32. The maximum atomic E-state index is 13.6. The van der Waals surface area contributed by atoms with Crippen molar-refractivity contribution in [2.75, 3.05) is 61.2 Å². The fourth-order valence-corrected chi connectivity index (χ4v) is 7.54. The van der Waals surface area contributed by atoms with Crippen LogP contribution in [0.1, 0.15) is 34.7 Å². The largest absolute Gasteiger partial charge is 0.455 e. The van der Waals surface area contributed by atoms with Gasteiger partial charge in [0.25, 0.3) is 0 Å². The number of anilines is 4. The summed E-state index contributed by atoms with van der Waals surface area (Å²) in [4.78, 5) is 0. The van der Waals surface area contributed by atoms with Crippen molar-refractivity contribution in [2.45, 2.75) is 39.3 Å². The van der Waals surface area contributed by atoms with Crippen LogP contribution in [-0.4, -0.2) is 50.1 Å². The Kier molecular flexibility index (Phi) is 23.8. The molecule has 0 unspecified atom stereocenters. The van der Waals surface area contributed by atoms with Gasteiger partial charge in [-0.1, -0.05) is 70.1 Å². The molecular formula is C54H51Cl5F6N8O4. The first kappa shape index (κ1) is 61.3. The van der Waals surface area contributed by atoms with Gasteiger partial charge in [0.1, 0.15) is 22.9 Å². The van der Waals surface area contributed by atoms with Crippen molar-refractivity contribution in [1.82, 2.24) is 0 Å². The Morgan fingerprint density at radius 2 is 0.883 bits per heavy atom. The van der Waals surface area contributed by atoms with Crippen LogP contribution in [0.25, 0.3) is 0 Å². The van der Waals surface area contributed by atoms with Crippen LogP contribution >= 0.6 is 58.0 Å². The topological polar surface area (TPSA) is 156 Å². The highest BCUT2D eigenvalue weighted by molar-refractivity contribution is 6.34. The zero-order valence-electron chi connectivity index (χ0n) is 41.3. The van der Waals surface area contributed by atoms with Crippen LogP contribution in [0.3, 0.4) is 0 Å². The van der Waals surface area contributed by atoms with E-state index in [1.807, 2.05) is 13.0 Å². The molecule has 0 aliphatic heterocycles. The van der Waals surface area contributed by atoms with Gasteiger partial charge in [0.15, 0.2) is 11.5 Å². The predicted octanol–water partition coefficient (Wildman–Crippen LogP) is 18.1. The molecule has 0 aliphatic carbocycles. The molecule has 0 fully saturated rings. The van der Waals surface area contributed by atoms with Crippen molar-refractivity contribution in [3.05, 3.63) is 186 Å². The van der Waals surface area contributed by atoms with Crippen molar-refractivity contribution in [3.8, 4) is 23.0 Å². The molecule has 0 saturated carbocycles. The lowest BCUT2D eigenvalue weighted by Gasteiger charge is -2.16. The average molecular weight is 1170 g/mol. The van der Waals surface area contributed by atoms with E-state index in [9.17, 15) is 26.3 Å². The van der Waals surface area contributed by atoms with E-state index in [1.165, 1.54) is 12.1 Å². The lowest BCUT2D eigenvalue weighted by molar-refractivity contribution is -0.138. The van der Waals surface area contributed by atoms with Crippen molar-refractivity contribution >= 4 is 92.1 Å². The van der Waals surface area contributed by atoms with E-state index in [-0.39, 0.29) is 55.7 Å². The second kappa shape index (κ2) is 29.9. The first-order chi connectivity index (χ1) is 36.8. The number of hydrogen-bond acceptors (Lipinski definition) is 12. The third-order valence-electron chi connectivity index (χ3n) is 10.4. The lowest BCUT2D eigenvalue weighted by Crippen LogP contribution is -2.08. The van der Waals surface area contributed by atoms with Gasteiger partial charge in [-0.2, -0.15) is 46.8 Å². The SMILES string of the molecule is CCO.CO.Cc1cc(NCCN=Nc2cc(CNc3cc(C(F)(F)F)ccc3Oc3ccc(Cl)cc3)ccc2Cl)c(Cl)cc1NCCN=Nc1cc(CNc2cc(C(F)(F)F)ccc2Oc2ccc(Cl)cc2)ccc1Cl. The van der Waals surface area contributed by atoms with Gasteiger partial charge in [-0.05, 0) is 152 Å². The van der Waals surface area contributed by atoms with Crippen molar-refractivity contribution < 1.29 is 46.0 Å². The molecule has 408 valence electrons. The number of aliphatic hydroxyl groups excluding tert-OH is 2. The van der Waals surface area contributed by atoms with Gasteiger partial charge >= 0.3 is 12.4 Å². The van der Waals surface area contributed by atoms with Crippen LogP contribution in [0.4, 0.5) is 60.5 Å². The summed E-state index contributed by atoms with van der Waals surface area (Å²) in [5, 5.41) is 46.4. The van der Waals surface area contributed by atoms with E-state index in [0.717, 1.165) is 42.6 Å². The second-order valence-electron chi connectivity index (χ2n) is 16.1. The highest BCUT2D eigenvalue weighted by atomic mass is 35.5. The summed E-state index contributed by atoms with van der Waals surface area (Å²) in [5.74, 6) is 1.17. The Balaban J connectivity index is 0.00000211. The number of aryl methyl sites for hydroxylation is 1. The van der Waals surface area contributed by atoms with Gasteiger partial charge in [-0.25, -0.2) is 0 Å². The highest BCUT2D eigenvalue weighted by Crippen LogP contribution is 2.40. The van der Waals surface area contributed by atoms with E-state index in [2.05, 4.69) is 41.7 Å². The van der Waals surface area contributed by atoms with Crippen molar-refractivity contribution in [3.63, 3.8) is 0 Å². The molecule has 7 aromatic rings. The van der Waals surface area contributed by atoms with Crippen LogP contribution < -0.4 is 30.7 Å². The number of hydrogen-bond donors (Lipinski definition) is 6. The molecule has 12 nitrogen and oxygen atoms in total. The maximum Gasteiger partial charge on any atom is 0.416 e. The molecule has 0 saturated heterocycles. The fraction of sp³-hybridized carbons (Fsp3) is 0.222. The fourth-order valence-electron chi connectivity index (χ4n) is 6.75. The molecule has 0 heterocycles. The normalized spacial score (nSPS) is 11.4. The third kappa shape index (κ3) is 19.5. The molecule has 0 atom stereocenters. The summed E-state index contributed by atoms with van der Waals surface area (Å²) in [6, 6.07) is 33.0. The number of alkyl halides is 6. The smallest absolute Gasteiger partial charge is 0.416 e. The Morgan fingerprint density at radius 3 is 1.29 bits per heavy atom. The quantitative estimate of drug-likeness (QED) is 0.0250. The Labute approximate surface area is 466 Å². The number of nitrogens with zero attached hydrogens (tertiary/aromatic N) is 4. The molecule has 0 amide bonds. The zero-order chi connectivity index (χ0) is 56.1. The first-order valence-corrected chi connectivity index (χ1v) is 25.1. The molecule has 7 rings (SSSR count). The molecule has 23 heteroatoms. The van der Waals surface area contributed by atoms with Crippen LogP contribution in [-0.2, 0) is 25.4 Å². The summed E-state index contributed by atoms with van der Waals surface area (Å²) in [7, 11) is 1.00. The van der Waals surface area contributed by atoms with Gasteiger partial charge in [0, 0.05) is 55.6 Å².